The first-order chi connectivity index (χ1) is 53.3. The van der Waals surface area contributed by atoms with Gasteiger partial charge in [0.25, 0.3) is 0 Å². The average Bonchev–Trinajstić information content (AvgIpc) is 1.53. The average molecular weight is 1410 g/mol. The van der Waals surface area contributed by atoms with Crippen LogP contribution in [0.15, 0.2) is 368 Å². The lowest BCUT2D eigenvalue weighted by molar-refractivity contribution is 0.590. The van der Waals surface area contributed by atoms with E-state index in [2.05, 4.69) is 409 Å². The second-order valence-electron chi connectivity index (χ2n) is 32.2. The maximum absolute atomic E-state index is 2.69. The summed E-state index contributed by atoms with van der Waals surface area (Å²) in [5.74, 6) is 0. The predicted molar refractivity (Wildman–Crippen MR) is 462 cm³/mol. The number of aromatic nitrogens is 1. The van der Waals surface area contributed by atoms with Gasteiger partial charge < -0.3 is 9.47 Å². The van der Waals surface area contributed by atoms with Crippen molar-refractivity contribution in [1.29, 1.82) is 0 Å². The minimum atomic E-state index is -0.607. The van der Waals surface area contributed by atoms with Gasteiger partial charge in [0.1, 0.15) is 0 Å². The molecule has 0 bridgehead atoms. The number of benzene rings is 16. The fourth-order valence-electron chi connectivity index (χ4n) is 18.7. The fourth-order valence-corrected chi connectivity index (χ4v) is 20.1. The third-order valence-corrected chi connectivity index (χ3v) is 25.2. The van der Waals surface area contributed by atoms with Crippen LogP contribution < -0.4 is 21.3 Å². The second-order valence-corrected chi connectivity index (χ2v) is 33.3. The molecule has 4 aliphatic rings. The van der Waals surface area contributed by atoms with Crippen molar-refractivity contribution in [1.82, 2.24) is 4.57 Å². The number of nitrogens with zero attached hydrogens (tertiary/aromatic N) is 2. The summed E-state index contributed by atoms with van der Waals surface area (Å²) >= 11 is 1.99. The number of rotatable bonds is 9. The van der Waals surface area contributed by atoms with Gasteiger partial charge in [-0.15, -0.1) is 0 Å². The summed E-state index contributed by atoms with van der Waals surface area (Å²) in [6.45, 7) is 13.8. The number of hydrogen-bond acceptors (Lipinski definition) is 2. The van der Waals surface area contributed by atoms with Crippen molar-refractivity contribution in [3.63, 3.8) is 0 Å². The molecule has 2 nitrogen and oxygen atoms in total. The Morgan fingerprint density at radius 1 is 0.294 bits per heavy atom. The molecule has 16 aromatic carbocycles. The van der Waals surface area contributed by atoms with Gasteiger partial charge in [-0.2, -0.15) is 0 Å². The van der Waals surface area contributed by atoms with Crippen LogP contribution in [0.1, 0.15) is 74.9 Å². The summed E-state index contributed by atoms with van der Waals surface area (Å²) in [5, 5.41) is 2.57. The molecule has 0 saturated heterocycles. The van der Waals surface area contributed by atoms with Crippen LogP contribution >= 0.6 is 11.8 Å². The quantitative estimate of drug-likeness (QED) is 0.133. The van der Waals surface area contributed by atoms with Gasteiger partial charge in [0.15, 0.2) is 0 Å². The molecular formula is C105H77BN2S. The fraction of sp³-hybridized carbons (Fsp3) is 0.0857. The van der Waals surface area contributed by atoms with Gasteiger partial charge in [0.05, 0.1) is 22.1 Å². The molecule has 21 rings (SSSR count). The molecule has 516 valence electrons. The van der Waals surface area contributed by atoms with Gasteiger partial charge in [0, 0.05) is 54.3 Å². The first kappa shape index (κ1) is 64.9. The molecule has 2 aliphatic heterocycles. The Morgan fingerprint density at radius 2 is 0.725 bits per heavy atom. The Hall–Kier alpha value is -12.5. The SMILES string of the molecule is CC(C)(C)c1ccc2c(c1)c1cc(C(C)(C)C)ccc1n2-c1ccc2c(c1)-c1c(ccc3c1Sc1cc(-c4ccccc4)cc4c1B3c1cc(-c3cccc(-c5ccccc5)c3)ccc1N4c1c(-c3ccc(-c4ccccc4)cc3)cccc1-c1ccc(-c3ccccc3)cc1)C21c2ccccc2-c2ccccc21. The standard InChI is InChI=1S/C105H77BN2S/c1-103(2,3)78-50-57-94-85(63-78)86-64-79(104(4,5)6)51-58-95(86)107(94)80-52-53-90-87(65-80)99-91(105(90)88-39-21-19-35-83(88)84-36-20-22-40-89(84)105)54-55-92-102(99)109-98-62-77(69-31-17-10-18-32-69)61-97-100(98)106(92)93-60-76(75-34-23-33-74(59-75)68-29-15-9-16-30-68)49-56-96(93)108(97)101-81(72-45-41-70(42-46-72)66-25-11-7-12-26-66)37-24-38-82(101)73-47-43-71(44-48-73)67-27-13-8-14-28-67/h7-65H,1-6H3. The molecule has 2 aliphatic carbocycles. The third-order valence-electron chi connectivity index (χ3n) is 24.0. The molecule has 0 N–H and O–H groups in total. The highest BCUT2D eigenvalue weighted by Crippen LogP contribution is 2.65. The molecule has 0 amide bonds. The predicted octanol–water partition coefficient (Wildman–Crippen LogP) is 26.2. The lowest BCUT2D eigenvalue weighted by atomic mass is 9.34. The first-order valence-corrected chi connectivity index (χ1v) is 39.2. The zero-order valence-electron chi connectivity index (χ0n) is 61.9. The van der Waals surface area contributed by atoms with Crippen molar-refractivity contribution >= 4 is 73.7 Å². The summed E-state index contributed by atoms with van der Waals surface area (Å²) in [7, 11) is 0. The van der Waals surface area contributed by atoms with Crippen molar-refractivity contribution in [3.05, 3.63) is 391 Å². The molecule has 0 radical (unpaired) electrons. The minimum absolute atomic E-state index is 0.0346. The van der Waals surface area contributed by atoms with Crippen LogP contribution in [-0.2, 0) is 16.2 Å². The summed E-state index contributed by atoms with van der Waals surface area (Å²) in [5.41, 5.74) is 39.8. The van der Waals surface area contributed by atoms with Crippen molar-refractivity contribution in [2.75, 3.05) is 4.90 Å². The molecule has 4 heteroatoms. The largest absolute Gasteiger partial charge is 0.310 e. The monoisotopic (exact) mass is 1410 g/mol. The van der Waals surface area contributed by atoms with Crippen LogP contribution in [0.4, 0.5) is 17.1 Å². The molecule has 3 heterocycles. The lowest BCUT2D eigenvalue weighted by Crippen LogP contribution is -2.60. The van der Waals surface area contributed by atoms with Crippen LogP contribution in [-0.4, -0.2) is 11.3 Å². The van der Waals surface area contributed by atoms with E-state index in [4.69, 9.17) is 0 Å². The zero-order chi connectivity index (χ0) is 73.0. The van der Waals surface area contributed by atoms with Crippen molar-refractivity contribution < 1.29 is 0 Å². The van der Waals surface area contributed by atoms with Crippen molar-refractivity contribution in [2.24, 2.45) is 0 Å². The number of fused-ring (bicyclic) bond motifs is 18. The van der Waals surface area contributed by atoms with E-state index in [1.54, 1.807) is 0 Å². The van der Waals surface area contributed by atoms with E-state index >= 15 is 0 Å². The summed E-state index contributed by atoms with van der Waals surface area (Å²) in [6, 6.07) is 137. The Labute approximate surface area is 643 Å². The molecule has 0 saturated carbocycles. The van der Waals surface area contributed by atoms with Gasteiger partial charge in [-0.3, -0.25) is 0 Å². The van der Waals surface area contributed by atoms with Crippen LogP contribution in [0.2, 0.25) is 0 Å². The van der Waals surface area contributed by atoms with Crippen LogP contribution in [0.5, 0.6) is 0 Å². The summed E-state index contributed by atoms with van der Waals surface area (Å²) in [4.78, 5) is 5.25. The van der Waals surface area contributed by atoms with E-state index in [0.717, 1.165) is 39.3 Å². The lowest BCUT2D eigenvalue weighted by Gasteiger charge is -2.42. The van der Waals surface area contributed by atoms with E-state index in [1.807, 2.05) is 11.8 Å². The highest BCUT2D eigenvalue weighted by molar-refractivity contribution is 8.00. The van der Waals surface area contributed by atoms with Gasteiger partial charge in [0.2, 0.25) is 6.71 Å². The normalized spacial score (nSPS) is 13.4. The molecule has 1 spiro atoms. The van der Waals surface area contributed by atoms with Crippen LogP contribution in [0.25, 0.3) is 128 Å². The summed E-state index contributed by atoms with van der Waals surface area (Å²) in [6.07, 6.45) is 0. The smallest absolute Gasteiger partial charge is 0.249 e. The number of para-hydroxylation sites is 1. The van der Waals surface area contributed by atoms with Crippen molar-refractivity contribution in [2.45, 2.75) is 67.6 Å². The Balaban J connectivity index is 0.852. The van der Waals surface area contributed by atoms with E-state index in [0.29, 0.717) is 0 Å². The van der Waals surface area contributed by atoms with Gasteiger partial charge in [-0.25, -0.2) is 0 Å². The van der Waals surface area contributed by atoms with Crippen LogP contribution in [0, 0.1) is 0 Å². The maximum atomic E-state index is 2.69. The van der Waals surface area contributed by atoms with Gasteiger partial charge >= 0.3 is 0 Å². The minimum Gasteiger partial charge on any atom is -0.310 e. The Morgan fingerprint density at radius 3 is 1.28 bits per heavy atom. The van der Waals surface area contributed by atoms with E-state index in [-0.39, 0.29) is 17.5 Å². The molecule has 109 heavy (non-hydrogen) atoms. The Bertz CT molecular complexity index is 6340. The molecule has 1 aromatic heterocycles. The van der Waals surface area contributed by atoms with E-state index < -0.39 is 5.41 Å². The first-order valence-electron chi connectivity index (χ1n) is 38.4. The highest BCUT2D eigenvalue weighted by Gasteiger charge is 2.54. The number of hydrogen-bond donors (Lipinski definition) is 0. The Kier molecular flexibility index (Phi) is 14.8. The van der Waals surface area contributed by atoms with Crippen molar-refractivity contribution in [3.8, 4) is 106 Å². The third kappa shape index (κ3) is 10.2. The van der Waals surface area contributed by atoms with E-state index in [1.165, 1.54) is 165 Å². The molecular weight excluding hydrogens is 1330 g/mol. The van der Waals surface area contributed by atoms with Gasteiger partial charge in [-0.05, 0) is 199 Å². The zero-order valence-corrected chi connectivity index (χ0v) is 62.8. The maximum Gasteiger partial charge on any atom is 0.249 e. The van der Waals surface area contributed by atoms with Crippen LogP contribution in [0.3, 0.4) is 0 Å². The number of anilines is 3. The molecule has 0 unspecified atom stereocenters. The highest BCUT2D eigenvalue weighted by atomic mass is 32.2. The molecule has 17 aromatic rings. The molecule has 0 atom stereocenters. The second kappa shape index (κ2) is 24.8. The van der Waals surface area contributed by atoms with Gasteiger partial charge in [-0.1, -0.05) is 356 Å². The molecule has 0 fully saturated rings. The van der Waals surface area contributed by atoms with E-state index in [9.17, 15) is 0 Å². The summed E-state index contributed by atoms with van der Waals surface area (Å²) < 4.78 is 2.57. The topological polar surface area (TPSA) is 8.17 Å².